The van der Waals surface area contributed by atoms with Gasteiger partial charge >= 0.3 is 0 Å². The first-order chi connectivity index (χ1) is 8.13. The number of rotatable bonds is 7. The number of amides is 1. The molecule has 0 aliphatic carbocycles. The molecule has 4 heteroatoms. The normalized spacial score (nSPS) is 12.4. The minimum absolute atomic E-state index is 0.121. The average Bonchev–Trinajstić information content (AvgIpc) is 2.71. The van der Waals surface area contributed by atoms with E-state index in [2.05, 4.69) is 24.4 Å². The number of hydrogen-bond acceptors (Lipinski definition) is 3. The van der Waals surface area contributed by atoms with Crippen molar-refractivity contribution in [3.8, 4) is 0 Å². The van der Waals surface area contributed by atoms with Crippen LogP contribution in [-0.2, 0) is 4.79 Å². The molecule has 0 aliphatic heterocycles. The smallest absolute Gasteiger partial charge is 0.220 e. The molecular formula is C13H22N2OS. The molecule has 1 rings (SSSR count). The molecule has 0 aliphatic rings. The second-order valence-corrected chi connectivity index (χ2v) is 5.66. The van der Waals surface area contributed by atoms with Crippen LogP contribution < -0.4 is 11.1 Å². The molecule has 0 saturated heterocycles. The molecule has 0 saturated carbocycles. The fourth-order valence-electron chi connectivity index (χ4n) is 1.68. The van der Waals surface area contributed by atoms with Crippen LogP contribution in [0.15, 0.2) is 12.1 Å². The zero-order chi connectivity index (χ0) is 12.7. The Labute approximate surface area is 107 Å². The molecule has 1 atom stereocenters. The third-order valence-electron chi connectivity index (χ3n) is 2.67. The Kier molecular flexibility index (Phi) is 6.22. The van der Waals surface area contributed by atoms with Gasteiger partial charge in [0.05, 0.1) is 6.04 Å². The molecule has 0 spiro atoms. The van der Waals surface area contributed by atoms with Crippen LogP contribution in [0.4, 0.5) is 0 Å². The Hall–Kier alpha value is -0.870. The number of unbranched alkanes of at least 4 members (excludes halogenated alkanes) is 2. The van der Waals surface area contributed by atoms with Crippen molar-refractivity contribution in [1.29, 1.82) is 0 Å². The Morgan fingerprint density at radius 2 is 2.18 bits per heavy atom. The molecule has 1 unspecified atom stereocenters. The van der Waals surface area contributed by atoms with Crippen LogP contribution in [-0.4, -0.2) is 12.5 Å². The van der Waals surface area contributed by atoms with Gasteiger partial charge in [-0.25, -0.2) is 0 Å². The van der Waals surface area contributed by atoms with E-state index in [0.717, 1.165) is 19.3 Å². The summed E-state index contributed by atoms with van der Waals surface area (Å²) < 4.78 is 0. The van der Waals surface area contributed by atoms with E-state index < -0.39 is 0 Å². The van der Waals surface area contributed by atoms with E-state index in [1.807, 2.05) is 6.92 Å². The van der Waals surface area contributed by atoms with Gasteiger partial charge < -0.3 is 11.1 Å². The van der Waals surface area contributed by atoms with E-state index in [4.69, 9.17) is 5.73 Å². The Balaban J connectivity index is 2.26. The van der Waals surface area contributed by atoms with Crippen molar-refractivity contribution in [2.75, 3.05) is 6.54 Å². The highest BCUT2D eigenvalue weighted by atomic mass is 32.1. The lowest BCUT2D eigenvalue weighted by molar-refractivity contribution is -0.121. The quantitative estimate of drug-likeness (QED) is 0.735. The van der Waals surface area contributed by atoms with Crippen molar-refractivity contribution in [3.63, 3.8) is 0 Å². The molecule has 0 radical (unpaired) electrons. The summed E-state index contributed by atoms with van der Waals surface area (Å²) in [5, 5.41) is 3.03. The van der Waals surface area contributed by atoms with E-state index in [1.165, 1.54) is 9.75 Å². The maximum atomic E-state index is 11.7. The molecule has 1 aromatic rings. The highest BCUT2D eigenvalue weighted by molar-refractivity contribution is 7.12. The van der Waals surface area contributed by atoms with Crippen LogP contribution in [0.2, 0.25) is 0 Å². The minimum Gasteiger partial charge on any atom is -0.349 e. The second kappa shape index (κ2) is 7.45. The standard InChI is InChI=1S/C13H22N2OS/c1-10-7-8-12(17-10)11(2)15-13(16)6-4-3-5-9-14/h7-8,11H,3-6,9,14H2,1-2H3,(H,15,16). The molecule has 96 valence electrons. The van der Waals surface area contributed by atoms with Gasteiger partial charge in [0.2, 0.25) is 5.91 Å². The van der Waals surface area contributed by atoms with Crippen LogP contribution in [0.25, 0.3) is 0 Å². The molecule has 1 heterocycles. The number of nitrogens with one attached hydrogen (secondary N) is 1. The van der Waals surface area contributed by atoms with Gasteiger partial charge in [-0.05, 0) is 45.4 Å². The van der Waals surface area contributed by atoms with Gasteiger partial charge in [-0.2, -0.15) is 0 Å². The first-order valence-electron chi connectivity index (χ1n) is 6.19. The van der Waals surface area contributed by atoms with Crippen molar-refractivity contribution in [1.82, 2.24) is 5.32 Å². The lowest BCUT2D eigenvalue weighted by atomic mass is 10.2. The summed E-state index contributed by atoms with van der Waals surface area (Å²) in [5.41, 5.74) is 5.41. The number of hydrogen-bond donors (Lipinski definition) is 2. The van der Waals surface area contributed by atoms with Crippen LogP contribution >= 0.6 is 11.3 Å². The van der Waals surface area contributed by atoms with Crippen LogP contribution in [0, 0.1) is 6.92 Å². The van der Waals surface area contributed by atoms with E-state index >= 15 is 0 Å². The SMILES string of the molecule is Cc1ccc(C(C)NC(=O)CCCCCN)s1. The first kappa shape index (κ1) is 14.2. The third-order valence-corrected chi connectivity index (χ3v) is 3.86. The number of aryl methyl sites for hydroxylation is 1. The maximum Gasteiger partial charge on any atom is 0.220 e. The zero-order valence-corrected chi connectivity index (χ0v) is 11.5. The highest BCUT2D eigenvalue weighted by Crippen LogP contribution is 2.22. The van der Waals surface area contributed by atoms with Crippen molar-refractivity contribution < 1.29 is 4.79 Å². The van der Waals surface area contributed by atoms with E-state index in [-0.39, 0.29) is 11.9 Å². The van der Waals surface area contributed by atoms with Gasteiger partial charge in [0.15, 0.2) is 0 Å². The van der Waals surface area contributed by atoms with Gasteiger partial charge in [0, 0.05) is 16.2 Å². The molecule has 1 amide bonds. The van der Waals surface area contributed by atoms with Gasteiger partial charge in [0.1, 0.15) is 0 Å². The van der Waals surface area contributed by atoms with Crippen LogP contribution in [0.1, 0.15) is 48.4 Å². The van der Waals surface area contributed by atoms with Gasteiger partial charge in [0.25, 0.3) is 0 Å². The second-order valence-electron chi connectivity index (χ2n) is 4.34. The number of carbonyl (C=O) groups is 1. The molecule has 0 fully saturated rings. The lowest BCUT2D eigenvalue weighted by Crippen LogP contribution is -2.25. The van der Waals surface area contributed by atoms with Gasteiger partial charge in [-0.15, -0.1) is 11.3 Å². The third kappa shape index (κ3) is 5.33. The molecular weight excluding hydrogens is 232 g/mol. The van der Waals surface area contributed by atoms with Crippen molar-refractivity contribution in [3.05, 3.63) is 21.9 Å². The number of thiophene rings is 1. The molecule has 0 aromatic carbocycles. The summed E-state index contributed by atoms with van der Waals surface area (Å²) in [6.45, 7) is 4.82. The Morgan fingerprint density at radius 1 is 1.41 bits per heavy atom. The largest absolute Gasteiger partial charge is 0.349 e. The minimum atomic E-state index is 0.121. The summed E-state index contributed by atoms with van der Waals surface area (Å²) in [7, 11) is 0. The zero-order valence-electron chi connectivity index (χ0n) is 10.7. The van der Waals surface area contributed by atoms with Crippen molar-refractivity contribution in [2.45, 2.75) is 45.6 Å². The molecule has 0 bridgehead atoms. The van der Waals surface area contributed by atoms with Gasteiger partial charge in [-0.3, -0.25) is 4.79 Å². The van der Waals surface area contributed by atoms with Gasteiger partial charge in [-0.1, -0.05) is 6.42 Å². The predicted octanol–water partition coefficient (Wildman–Crippen LogP) is 2.75. The predicted molar refractivity (Wildman–Crippen MR) is 73.1 cm³/mol. The summed E-state index contributed by atoms with van der Waals surface area (Å²) in [6.07, 6.45) is 3.58. The van der Waals surface area contributed by atoms with E-state index in [1.54, 1.807) is 11.3 Å². The molecule has 3 N–H and O–H groups in total. The highest BCUT2D eigenvalue weighted by Gasteiger charge is 2.10. The molecule has 1 aromatic heterocycles. The summed E-state index contributed by atoms with van der Waals surface area (Å²) in [6, 6.07) is 4.29. The van der Waals surface area contributed by atoms with E-state index in [0.29, 0.717) is 13.0 Å². The summed E-state index contributed by atoms with van der Waals surface area (Å²) >= 11 is 1.74. The Morgan fingerprint density at radius 3 is 2.76 bits per heavy atom. The summed E-state index contributed by atoms with van der Waals surface area (Å²) in [4.78, 5) is 14.2. The van der Waals surface area contributed by atoms with Crippen LogP contribution in [0.5, 0.6) is 0 Å². The fourth-order valence-corrected chi connectivity index (χ4v) is 2.56. The van der Waals surface area contributed by atoms with E-state index in [9.17, 15) is 4.79 Å². The lowest BCUT2D eigenvalue weighted by Gasteiger charge is -2.12. The summed E-state index contributed by atoms with van der Waals surface area (Å²) in [5.74, 6) is 0.139. The van der Waals surface area contributed by atoms with Crippen molar-refractivity contribution in [2.24, 2.45) is 5.73 Å². The monoisotopic (exact) mass is 254 g/mol. The topological polar surface area (TPSA) is 55.1 Å². The number of carbonyl (C=O) groups excluding carboxylic acids is 1. The molecule has 17 heavy (non-hydrogen) atoms. The van der Waals surface area contributed by atoms with Crippen LogP contribution in [0.3, 0.4) is 0 Å². The average molecular weight is 254 g/mol. The maximum absolute atomic E-state index is 11.7. The molecule has 3 nitrogen and oxygen atoms in total. The first-order valence-corrected chi connectivity index (χ1v) is 7.01. The Bertz CT molecular complexity index is 349. The fraction of sp³-hybridized carbons (Fsp3) is 0.615. The number of nitrogens with two attached hydrogens (primary N) is 1. The van der Waals surface area contributed by atoms with Crippen molar-refractivity contribution >= 4 is 17.2 Å².